The molecule has 12 heteroatoms. The van der Waals surface area contributed by atoms with Crippen molar-refractivity contribution in [1.29, 1.82) is 0 Å². The van der Waals surface area contributed by atoms with Gasteiger partial charge in [-0.2, -0.15) is 0 Å². The first-order valence-corrected chi connectivity index (χ1v) is 13.2. The lowest BCUT2D eigenvalue weighted by atomic mass is 9.88. The summed E-state index contributed by atoms with van der Waals surface area (Å²) in [5.41, 5.74) is 1.14. The van der Waals surface area contributed by atoms with Crippen molar-refractivity contribution in [3.63, 3.8) is 0 Å². The molecule has 4 saturated heterocycles. The van der Waals surface area contributed by atoms with E-state index in [2.05, 4.69) is 0 Å². The zero-order valence-electron chi connectivity index (χ0n) is 20.6. The average Bonchev–Trinajstić information content (AvgIpc) is 3.17. The van der Waals surface area contributed by atoms with Crippen molar-refractivity contribution < 1.29 is 29.0 Å². The van der Waals surface area contributed by atoms with Gasteiger partial charge in [0, 0.05) is 37.7 Å². The zero-order valence-corrected chi connectivity index (χ0v) is 21.4. The summed E-state index contributed by atoms with van der Waals surface area (Å²) >= 11 is 5.98. The van der Waals surface area contributed by atoms with Crippen LogP contribution in [0.2, 0.25) is 5.02 Å². The largest absolute Gasteiger partial charge is 0.465 e. The number of piperazine rings is 1. The molecule has 11 nitrogen and oxygen atoms in total. The third-order valence-corrected chi connectivity index (χ3v) is 8.14. The van der Waals surface area contributed by atoms with Gasteiger partial charge in [0.05, 0.1) is 19.8 Å². The van der Waals surface area contributed by atoms with Gasteiger partial charge in [-0.25, -0.2) is 19.3 Å². The molecular formula is C25H32ClN5O6. The number of aryl methyl sites for hydroxylation is 1. The van der Waals surface area contributed by atoms with Crippen LogP contribution in [0.4, 0.5) is 14.4 Å². The number of nitrogens with zero attached hydrogens (tertiary/aromatic N) is 5. The van der Waals surface area contributed by atoms with Gasteiger partial charge in [0.1, 0.15) is 12.2 Å². The Bertz CT molecular complexity index is 1050. The third-order valence-electron chi connectivity index (χ3n) is 7.89. The van der Waals surface area contributed by atoms with Gasteiger partial charge in [-0.05, 0) is 49.3 Å². The molecule has 6 amide bonds. The summed E-state index contributed by atoms with van der Waals surface area (Å²) in [6.07, 6.45) is 0.690. The number of carbonyl (C=O) groups is 4. The van der Waals surface area contributed by atoms with Gasteiger partial charge < -0.3 is 24.5 Å². The Morgan fingerprint density at radius 2 is 1.73 bits per heavy atom. The highest BCUT2D eigenvalue weighted by Gasteiger charge is 2.53. The highest BCUT2D eigenvalue weighted by atomic mass is 35.5. The number of piperidine rings is 1. The molecule has 0 radical (unpaired) electrons. The van der Waals surface area contributed by atoms with E-state index in [1.54, 1.807) is 9.80 Å². The van der Waals surface area contributed by atoms with E-state index in [0.717, 1.165) is 23.3 Å². The number of amides is 6. The molecule has 4 fully saturated rings. The highest BCUT2D eigenvalue weighted by molar-refractivity contribution is 6.30. The first kappa shape index (κ1) is 25.6. The lowest BCUT2D eigenvalue weighted by molar-refractivity contribution is -0.134. The standard InChI is InChI=1S/C25H32ClN5O6/c26-19-5-3-17(4-6-19)1-2-18-7-8-30(25(35)36)21(15-18)31-22(32)20-16-28(9-10-29(20)24(31)34)23(33)27-11-13-37-14-12-27/h3-6,18,20-21H,1-2,7-16H2,(H,35,36). The fourth-order valence-corrected chi connectivity index (χ4v) is 5.91. The molecule has 3 unspecified atom stereocenters. The van der Waals surface area contributed by atoms with Crippen molar-refractivity contribution in [3.05, 3.63) is 34.9 Å². The van der Waals surface area contributed by atoms with Crippen molar-refractivity contribution in [2.75, 3.05) is 52.5 Å². The molecular weight excluding hydrogens is 502 g/mol. The monoisotopic (exact) mass is 533 g/mol. The maximum absolute atomic E-state index is 13.5. The summed E-state index contributed by atoms with van der Waals surface area (Å²) in [7, 11) is 0. The number of likely N-dealkylation sites (tertiary alicyclic amines) is 1. The molecule has 1 aromatic carbocycles. The SMILES string of the molecule is O=C(N1CCOCC1)N1CCN2C(=O)N(C3CC(CCc4ccc(Cl)cc4)CCN3C(=O)O)C(=O)C2C1. The van der Waals surface area contributed by atoms with Crippen molar-refractivity contribution in [2.24, 2.45) is 5.92 Å². The Hall–Kier alpha value is -3.05. The predicted molar refractivity (Wildman–Crippen MR) is 133 cm³/mol. The molecule has 200 valence electrons. The number of benzene rings is 1. The lowest BCUT2D eigenvalue weighted by Gasteiger charge is -2.41. The van der Waals surface area contributed by atoms with E-state index in [4.69, 9.17) is 16.3 Å². The number of morpholine rings is 1. The van der Waals surface area contributed by atoms with Gasteiger partial charge in [-0.1, -0.05) is 23.7 Å². The Balaban J connectivity index is 1.27. The molecule has 1 N–H and O–H groups in total. The molecule has 37 heavy (non-hydrogen) atoms. The van der Waals surface area contributed by atoms with Crippen LogP contribution in [0.1, 0.15) is 24.8 Å². The summed E-state index contributed by atoms with van der Waals surface area (Å²) in [5.74, 6) is -0.270. The number of fused-ring (bicyclic) bond motifs is 1. The van der Waals surface area contributed by atoms with Crippen LogP contribution in [0.5, 0.6) is 0 Å². The van der Waals surface area contributed by atoms with Gasteiger partial charge in [0.2, 0.25) is 0 Å². The topological polar surface area (TPSA) is 114 Å². The fraction of sp³-hybridized carbons (Fsp3) is 0.600. The summed E-state index contributed by atoms with van der Waals surface area (Å²) in [4.78, 5) is 59.1. The second-order valence-electron chi connectivity index (χ2n) is 10.0. The molecule has 0 spiro atoms. The van der Waals surface area contributed by atoms with Crippen molar-refractivity contribution in [1.82, 2.24) is 24.5 Å². The predicted octanol–water partition coefficient (Wildman–Crippen LogP) is 2.39. The summed E-state index contributed by atoms with van der Waals surface area (Å²) in [6, 6.07) is 6.21. The summed E-state index contributed by atoms with van der Waals surface area (Å²) in [5, 5.41) is 10.5. The van der Waals surface area contributed by atoms with Gasteiger partial charge in [-0.3, -0.25) is 9.69 Å². The van der Waals surface area contributed by atoms with Crippen LogP contribution in [-0.2, 0) is 16.0 Å². The second kappa shape index (κ2) is 10.7. The Labute approximate surface area is 220 Å². The molecule has 0 aromatic heterocycles. The number of carboxylic acid groups (broad SMARTS) is 1. The number of rotatable bonds is 4. The second-order valence-corrected chi connectivity index (χ2v) is 10.5. The first-order chi connectivity index (χ1) is 17.8. The minimum atomic E-state index is -1.14. The quantitative estimate of drug-likeness (QED) is 0.594. The van der Waals surface area contributed by atoms with E-state index >= 15 is 0 Å². The number of urea groups is 2. The molecule has 1 aromatic rings. The summed E-state index contributed by atoms with van der Waals surface area (Å²) in [6.45, 7) is 2.88. The first-order valence-electron chi connectivity index (χ1n) is 12.8. The van der Waals surface area contributed by atoms with E-state index in [9.17, 15) is 24.3 Å². The van der Waals surface area contributed by atoms with Crippen LogP contribution in [-0.4, -0.2) is 118 Å². The fourth-order valence-electron chi connectivity index (χ4n) is 5.79. The minimum absolute atomic E-state index is 0.108. The zero-order chi connectivity index (χ0) is 26.1. The van der Waals surface area contributed by atoms with Gasteiger partial charge in [-0.15, -0.1) is 0 Å². The number of halogens is 1. The van der Waals surface area contributed by atoms with Gasteiger partial charge in [0.15, 0.2) is 0 Å². The van der Waals surface area contributed by atoms with Crippen LogP contribution < -0.4 is 0 Å². The Kier molecular flexibility index (Phi) is 7.43. The van der Waals surface area contributed by atoms with Crippen LogP contribution >= 0.6 is 11.6 Å². The van der Waals surface area contributed by atoms with Crippen LogP contribution in [0.15, 0.2) is 24.3 Å². The van der Waals surface area contributed by atoms with Gasteiger partial charge >= 0.3 is 18.2 Å². The minimum Gasteiger partial charge on any atom is -0.465 e. The molecule has 4 aliphatic heterocycles. The van der Waals surface area contributed by atoms with Crippen LogP contribution in [0.25, 0.3) is 0 Å². The highest BCUT2D eigenvalue weighted by Crippen LogP contribution is 2.33. The molecule has 0 aliphatic carbocycles. The van der Waals surface area contributed by atoms with E-state index < -0.39 is 30.2 Å². The van der Waals surface area contributed by atoms with E-state index in [1.807, 2.05) is 24.3 Å². The maximum atomic E-state index is 13.5. The molecule has 4 heterocycles. The Morgan fingerprint density at radius 1 is 1.00 bits per heavy atom. The van der Waals surface area contributed by atoms with Gasteiger partial charge in [0.25, 0.3) is 5.91 Å². The molecule has 0 saturated carbocycles. The molecule has 4 aliphatic rings. The van der Waals surface area contributed by atoms with E-state index in [1.165, 1.54) is 9.80 Å². The van der Waals surface area contributed by atoms with Crippen molar-refractivity contribution >= 4 is 35.7 Å². The number of carbonyl (C=O) groups excluding carboxylic acids is 3. The van der Waals surface area contributed by atoms with Crippen LogP contribution in [0, 0.1) is 5.92 Å². The normalized spacial score (nSPS) is 26.5. The summed E-state index contributed by atoms with van der Waals surface area (Å²) < 4.78 is 5.32. The number of imide groups is 1. The molecule has 0 bridgehead atoms. The lowest BCUT2D eigenvalue weighted by Crippen LogP contribution is -2.58. The van der Waals surface area contributed by atoms with E-state index in [-0.39, 0.29) is 31.6 Å². The third kappa shape index (κ3) is 5.19. The number of ether oxygens (including phenoxy) is 1. The van der Waals surface area contributed by atoms with E-state index in [0.29, 0.717) is 50.7 Å². The molecule has 5 rings (SSSR count). The smallest absolute Gasteiger partial charge is 0.408 e. The maximum Gasteiger partial charge on any atom is 0.408 e. The number of hydrogen-bond donors (Lipinski definition) is 1. The Morgan fingerprint density at radius 3 is 2.43 bits per heavy atom. The number of hydrogen-bond acceptors (Lipinski definition) is 5. The van der Waals surface area contributed by atoms with Crippen LogP contribution in [0.3, 0.4) is 0 Å². The molecule has 3 atom stereocenters. The van der Waals surface area contributed by atoms with Crippen molar-refractivity contribution in [2.45, 2.75) is 37.9 Å². The average molecular weight is 534 g/mol. The van der Waals surface area contributed by atoms with Crippen molar-refractivity contribution in [3.8, 4) is 0 Å².